The molecule has 1 aliphatic heterocycles. The first-order valence-corrected chi connectivity index (χ1v) is 9.68. The van der Waals surface area contributed by atoms with Crippen molar-refractivity contribution in [2.75, 3.05) is 12.4 Å². The number of carbonyl (C=O) groups is 1. The van der Waals surface area contributed by atoms with E-state index in [0.717, 1.165) is 17.1 Å². The number of hydrogen-bond donors (Lipinski definition) is 1. The number of hydrogen-bond acceptors (Lipinski definition) is 6. The molecule has 10 heteroatoms. The van der Waals surface area contributed by atoms with Crippen LogP contribution >= 0.6 is 11.8 Å². The maximum absolute atomic E-state index is 13.8. The Hall–Kier alpha value is -2.33. The third-order valence-electron chi connectivity index (χ3n) is 3.37. The van der Waals surface area contributed by atoms with Crippen molar-refractivity contribution in [2.45, 2.75) is 11.8 Å². The fraction of sp³-hybridized carbons (Fsp3) is 0.200. The lowest BCUT2D eigenvalue weighted by atomic mass is 10.3. The molecule has 1 N–H and O–H groups in total. The van der Waals surface area contributed by atoms with Crippen molar-refractivity contribution in [2.24, 2.45) is 0 Å². The van der Waals surface area contributed by atoms with Gasteiger partial charge in [0, 0.05) is 5.75 Å². The highest BCUT2D eigenvalue weighted by Crippen LogP contribution is 2.26. The first-order valence-electron chi connectivity index (χ1n) is 7.21. The Balaban J connectivity index is 1.84. The number of allylic oxidation sites excluding steroid dienone is 1. The van der Waals surface area contributed by atoms with Crippen LogP contribution in [0.2, 0.25) is 0 Å². The predicted molar refractivity (Wildman–Crippen MR) is 90.0 cm³/mol. The molecule has 2 heterocycles. The Kier molecular flexibility index (Phi) is 4.82. The predicted octanol–water partition coefficient (Wildman–Crippen LogP) is 1.81. The van der Waals surface area contributed by atoms with Gasteiger partial charge in [0.15, 0.2) is 0 Å². The number of halogens is 1. The van der Waals surface area contributed by atoms with E-state index < -0.39 is 21.7 Å². The minimum absolute atomic E-state index is 0.102. The molecule has 0 fully saturated rings. The van der Waals surface area contributed by atoms with Gasteiger partial charge in [-0.05, 0) is 19.1 Å². The van der Waals surface area contributed by atoms with Crippen molar-refractivity contribution in [3.05, 3.63) is 53.1 Å². The second-order valence-electron chi connectivity index (χ2n) is 5.09. The van der Waals surface area contributed by atoms with Gasteiger partial charge < -0.3 is 4.74 Å². The summed E-state index contributed by atoms with van der Waals surface area (Å²) < 4.78 is 46.8. The third-order valence-corrected chi connectivity index (χ3v) is 5.79. The fourth-order valence-electron chi connectivity index (χ4n) is 2.17. The van der Waals surface area contributed by atoms with E-state index in [9.17, 15) is 17.6 Å². The zero-order chi connectivity index (χ0) is 18.0. The van der Waals surface area contributed by atoms with Crippen molar-refractivity contribution in [3.63, 3.8) is 0 Å². The first kappa shape index (κ1) is 17.5. The lowest BCUT2D eigenvalue weighted by molar-refractivity contribution is -0.115. The summed E-state index contributed by atoms with van der Waals surface area (Å²) >= 11 is 1.23. The van der Waals surface area contributed by atoms with Gasteiger partial charge in [-0.1, -0.05) is 12.1 Å². The molecular weight excluding hydrogens is 369 g/mol. The lowest BCUT2D eigenvalue weighted by Crippen LogP contribution is -2.32. The van der Waals surface area contributed by atoms with Crippen LogP contribution in [-0.4, -0.2) is 36.5 Å². The molecule has 25 heavy (non-hydrogen) atoms. The average Bonchev–Trinajstić information content (AvgIpc) is 3.06. The van der Waals surface area contributed by atoms with Crippen molar-refractivity contribution >= 4 is 27.7 Å². The van der Waals surface area contributed by atoms with Crippen LogP contribution in [0.25, 0.3) is 5.69 Å². The van der Waals surface area contributed by atoms with Crippen LogP contribution in [0.1, 0.15) is 6.92 Å². The number of sulfonamides is 1. The van der Waals surface area contributed by atoms with E-state index in [0.29, 0.717) is 18.1 Å². The number of nitrogens with one attached hydrogen (secondary N) is 1. The van der Waals surface area contributed by atoms with Crippen molar-refractivity contribution in [1.29, 1.82) is 0 Å². The summed E-state index contributed by atoms with van der Waals surface area (Å²) in [6, 6.07) is 5.82. The average molecular weight is 383 g/mol. The van der Waals surface area contributed by atoms with Gasteiger partial charge in [0.2, 0.25) is 0 Å². The first-order chi connectivity index (χ1) is 11.9. The number of ether oxygens (including phenoxy) is 1. The standard InChI is InChI=1S/C15H14FN3O4S2/c1-10-14(24-7-6-23-10)15(20)18-25(21,22)11-8-17-19(9-11)13-5-3-2-4-12(13)16/h2-5,8-9H,6-7H2,1H3,(H,18,20). The topological polar surface area (TPSA) is 90.3 Å². The molecule has 1 aliphatic rings. The van der Waals surface area contributed by atoms with E-state index in [1.165, 1.54) is 30.0 Å². The van der Waals surface area contributed by atoms with Crippen LogP contribution < -0.4 is 4.72 Å². The van der Waals surface area contributed by atoms with Gasteiger partial charge in [0.05, 0.1) is 19.0 Å². The SMILES string of the molecule is CC1=C(C(=O)NS(=O)(=O)c2cnn(-c3ccccc3F)c2)SCCO1. The number of amides is 1. The van der Waals surface area contributed by atoms with Gasteiger partial charge in [-0.15, -0.1) is 11.8 Å². The zero-order valence-corrected chi connectivity index (χ0v) is 14.7. The molecule has 132 valence electrons. The second-order valence-corrected chi connectivity index (χ2v) is 7.88. The van der Waals surface area contributed by atoms with Crippen LogP contribution in [0.5, 0.6) is 0 Å². The molecule has 0 radical (unpaired) electrons. The van der Waals surface area contributed by atoms with Crippen molar-refractivity contribution < 1.29 is 22.3 Å². The summed E-state index contributed by atoms with van der Waals surface area (Å²) in [5.74, 6) is -0.368. The molecule has 0 saturated heterocycles. The van der Waals surface area contributed by atoms with Crippen LogP contribution in [0.4, 0.5) is 4.39 Å². The van der Waals surface area contributed by atoms with E-state index in [4.69, 9.17) is 4.74 Å². The highest BCUT2D eigenvalue weighted by Gasteiger charge is 2.25. The van der Waals surface area contributed by atoms with Gasteiger partial charge >= 0.3 is 0 Å². The highest BCUT2D eigenvalue weighted by molar-refractivity contribution is 8.04. The Morgan fingerprint density at radius 2 is 2.16 bits per heavy atom. The van der Waals surface area contributed by atoms with Crippen molar-refractivity contribution in [3.8, 4) is 5.69 Å². The molecule has 1 aromatic heterocycles. The van der Waals surface area contributed by atoms with E-state index in [1.54, 1.807) is 13.0 Å². The Morgan fingerprint density at radius 1 is 1.40 bits per heavy atom. The smallest absolute Gasteiger partial charge is 0.274 e. The maximum Gasteiger partial charge on any atom is 0.274 e. The molecule has 0 atom stereocenters. The molecule has 0 aliphatic carbocycles. The summed E-state index contributed by atoms with van der Waals surface area (Å²) in [6.07, 6.45) is 2.19. The number of nitrogens with zero attached hydrogens (tertiary/aromatic N) is 2. The Labute approximate surface area is 147 Å². The molecule has 3 rings (SSSR count). The molecule has 7 nitrogen and oxygen atoms in total. The molecule has 0 spiro atoms. The molecule has 0 unspecified atom stereocenters. The molecule has 2 aromatic rings. The molecule has 1 aromatic carbocycles. The minimum Gasteiger partial charge on any atom is -0.496 e. The minimum atomic E-state index is -4.14. The van der Waals surface area contributed by atoms with Crippen LogP contribution in [0.15, 0.2) is 52.2 Å². The number of para-hydroxylation sites is 1. The Bertz CT molecular complexity index is 953. The number of carbonyl (C=O) groups excluding carboxylic acids is 1. The summed E-state index contributed by atoms with van der Waals surface area (Å²) in [4.78, 5) is 12.2. The fourth-order valence-corrected chi connectivity index (χ4v) is 3.94. The van der Waals surface area contributed by atoms with Gasteiger partial charge in [0.1, 0.15) is 27.1 Å². The van der Waals surface area contributed by atoms with Crippen molar-refractivity contribution in [1.82, 2.24) is 14.5 Å². The van der Waals surface area contributed by atoms with Crippen LogP contribution in [0, 0.1) is 5.82 Å². The number of benzene rings is 1. The van der Waals surface area contributed by atoms with Crippen LogP contribution in [-0.2, 0) is 19.6 Å². The van der Waals surface area contributed by atoms with Gasteiger partial charge in [0.25, 0.3) is 15.9 Å². The number of aromatic nitrogens is 2. The third kappa shape index (κ3) is 3.69. The maximum atomic E-state index is 13.8. The normalized spacial score (nSPS) is 15.0. The monoisotopic (exact) mass is 383 g/mol. The largest absolute Gasteiger partial charge is 0.496 e. The molecule has 0 bridgehead atoms. The number of rotatable bonds is 4. The molecule has 0 saturated carbocycles. The van der Waals surface area contributed by atoms with Crippen LogP contribution in [0.3, 0.4) is 0 Å². The summed E-state index contributed by atoms with van der Waals surface area (Å²) in [5.41, 5.74) is 0.102. The van der Waals surface area contributed by atoms with Gasteiger partial charge in [-0.2, -0.15) is 5.10 Å². The Morgan fingerprint density at radius 3 is 2.88 bits per heavy atom. The summed E-state index contributed by atoms with van der Waals surface area (Å²) in [7, 11) is -4.14. The highest BCUT2D eigenvalue weighted by atomic mass is 32.2. The number of thioether (sulfide) groups is 1. The molecule has 1 amide bonds. The summed E-state index contributed by atoms with van der Waals surface area (Å²) in [5, 5.41) is 3.85. The van der Waals surface area contributed by atoms with Gasteiger partial charge in [-0.25, -0.2) is 22.2 Å². The van der Waals surface area contributed by atoms with E-state index in [2.05, 4.69) is 5.10 Å². The second kappa shape index (κ2) is 6.89. The quantitative estimate of drug-likeness (QED) is 0.866. The lowest BCUT2D eigenvalue weighted by Gasteiger charge is -2.17. The zero-order valence-electron chi connectivity index (χ0n) is 13.1. The van der Waals surface area contributed by atoms with Gasteiger partial charge in [-0.3, -0.25) is 4.79 Å². The molecular formula is C15H14FN3O4S2. The van der Waals surface area contributed by atoms with E-state index in [-0.39, 0.29) is 15.5 Å². The van der Waals surface area contributed by atoms with E-state index in [1.807, 2.05) is 4.72 Å². The summed E-state index contributed by atoms with van der Waals surface area (Å²) in [6.45, 7) is 2.07. The van der Waals surface area contributed by atoms with E-state index >= 15 is 0 Å².